The molecule has 0 radical (unpaired) electrons. The molecule has 1 saturated heterocycles. The van der Waals surface area contributed by atoms with E-state index in [-0.39, 0.29) is 0 Å². The van der Waals surface area contributed by atoms with Gasteiger partial charge in [-0.15, -0.1) is 11.3 Å². The first kappa shape index (κ1) is 14.3. The molecule has 4 heteroatoms. The van der Waals surface area contributed by atoms with E-state index in [4.69, 9.17) is 4.98 Å². The van der Waals surface area contributed by atoms with Crippen LogP contribution in [0.15, 0.2) is 60.0 Å². The highest BCUT2D eigenvalue weighted by Gasteiger charge is 2.12. The fourth-order valence-electron chi connectivity index (χ4n) is 2.93. The molecular formula is C19H19N3S. The number of nitrogens with zero attached hydrogens (tertiary/aromatic N) is 2. The summed E-state index contributed by atoms with van der Waals surface area (Å²) in [5.74, 6) is 0. The van der Waals surface area contributed by atoms with Gasteiger partial charge in [0, 0.05) is 35.4 Å². The van der Waals surface area contributed by atoms with E-state index in [0.717, 1.165) is 16.5 Å². The van der Waals surface area contributed by atoms with Gasteiger partial charge < -0.3 is 10.2 Å². The lowest BCUT2D eigenvalue weighted by Crippen LogP contribution is -2.17. The molecular weight excluding hydrogens is 302 g/mol. The number of para-hydroxylation sites is 1. The molecule has 3 aromatic rings. The smallest absolute Gasteiger partial charge is 0.187 e. The molecule has 3 nitrogen and oxygen atoms in total. The van der Waals surface area contributed by atoms with Crippen molar-refractivity contribution in [3.63, 3.8) is 0 Å². The predicted molar refractivity (Wildman–Crippen MR) is 98.7 cm³/mol. The van der Waals surface area contributed by atoms with Crippen LogP contribution < -0.4 is 10.2 Å². The zero-order chi connectivity index (χ0) is 15.5. The Kier molecular flexibility index (Phi) is 3.99. The maximum atomic E-state index is 4.70. The Bertz CT molecular complexity index is 759. The average molecular weight is 321 g/mol. The van der Waals surface area contributed by atoms with E-state index in [2.05, 4.69) is 39.9 Å². The lowest BCUT2D eigenvalue weighted by molar-refractivity contribution is 0.949. The van der Waals surface area contributed by atoms with Crippen LogP contribution in [0.2, 0.25) is 0 Å². The van der Waals surface area contributed by atoms with E-state index in [0.29, 0.717) is 0 Å². The summed E-state index contributed by atoms with van der Waals surface area (Å²) in [7, 11) is 0. The highest BCUT2D eigenvalue weighted by atomic mass is 32.1. The third kappa shape index (κ3) is 3.22. The monoisotopic (exact) mass is 321 g/mol. The van der Waals surface area contributed by atoms with E-state index in [1.165, 1.54) is 37.2 Å². The van der Waals surface area contributed by atoms with Crippen molar-refractivity contribution in [1.82, 2.24) is 4.98 Å². The molecule has 0 saturated carbocycles. The van der Waals surface area contributed by atoms with E-state index in [1.807, 2.05) is 30.3 Å². The van der Waals surface area contributed by atoms with Crippen LogP contribution in [0.1, 0.15) is 12.8 Å². The Balaban J connectivity index is 1.50. The van der Waals surface area contributed by atoms with E-state index < -0.39 is 0 Å². The van der Waals surface area contributed by atoms with Gasteiger partial charge in [0.15, 0.2) is 5.13 Å². The third-order valence-electron chi connectivity index (χ3n) is 4.16. The molecule has 0 aliphatic carbocycles. The largest absolute Gasteiger partial charge is 0.372 e. The molecule has 1 fully saturated rings. The van der Waals surface area contributed by atoms with Crippen molar-refractivity contribution >= 4 is 27.8 Å². The van der Waals surface area contributed by atoms with Gasteiger partial charge in [0.05, 0.1) is 5.69 Å². The number of rotatable bonds is 4. The summed E-state index contributed by atoms with van der Waals surface area (Å²) >= 11 is 1.64. The van der Waals surface area contributed by atoms with E-state index in [9.17, 15) is 0 Å². The predicted octanol–water partition coefficient (Wildman–Crippen LogP) is 5.15. The van der Waals surface area contributed by atoms with Crippen molar-refractivity contribution in [1.29, 1.82) is 0 Å². The van der Waals surface area contributed by atoms with Gasteiger partial charge in [-0.3, -0.25) is 0 Å². The van der Waals surface area contributed by atoms with Crippen LogP contribution in [0.3, 0.4) is 0 Å². The number of benzene rings is 2. The van der Waals surface area contributed by atoms with Crippen LogP contribution in [0.5, 0.6) is 0 Å². The van der Waals surface area contributed by atoms with Crippen molar-refractivity contribution < 1.29 is 0 Å². The molecule has 1 N–H and O–H groups in total. The topological polar surface area (TPSA) is 28.2 Å². The molecule has 0 spiro atoms. The Hall–Kier alpha value is -2.33. The van der Waals surface area contributed by atoms with E-state index >= 15 is 0 Å². The van der Waals surface area contributed by atoms with Gasteiger partial charge in [0.25, 0.3) is 0 Å². The average Bonchev–Trinajstić information content (AvgIpc) is 3.28. The summed E-state index contributed by atoms with van der Waals surface area (Å²) < 4.78 is 0. The van der Waals surface area contributed by atoms with Crippen molar-refractivity contribution in [3.05, 3.63) is 60.0 Å². The first-order valence-corrected chi connectivity index (χ1v) is 8.89. The number of thiazole rings is 1. The fourth-order valence-corrected chi connectivity index (χ4v) is 3.67. The minimum absolute atomic E-state index is 0.926. The third-order valence-corrected chi connectivity index (χ3v) is 4.92. The molecule has 1 aliphatic rings. The van der Waals surface area contributed by atoms with Gasteiger partial charge in [-0.25, -0.2) is 4.98 Å². The molecule has 23 heavy (non-hydrogen) atoms. The highest BCUT2D eigenvalue weighted by Crippen LogP contribution is 2.29. The Morgan fingerprint density at radius 3 is 2.39 bits per heavy atom. The Morgan fingerprint density at radius 2 is 1.65 bits per heavy atom. The zero-order valence-corrected chi connectivity index (χ0v) is 13.7. The molecule has 0 atom stereocenters. The highest BCUT2D eigenvalue weighted by molar-refractivity contribution is 7.14. The summed E-state index contributed by atoms with van der Waals surface area (Å²) in [6.07, 6.45) is 2.62. The van der Waals surface area contributed by atoms with Gasteiger partial charge in [-0.2, -0.15) is 0 Å². The van der Waals surface area contributed by atoms with Crippen LogP contribution in [-0.2, 0) is 0 Å². The molecule has 0 unspecified atom stereocenters. The van der Waals surface area contributed by atoms with Crippen LogP contribution in [-0.4, -0.2) is 18.1 Å². The normalized spacial score (nSPS) is 14.2. The molecule has 2 aromatic carbocycles. The minimum Gasteiger partial charge on any atom is -0.372 e. The Morgan fingerprint density at radius 1 is 0.913 bits per heavy atom. The number of hydrogen-bond donors (Lipinski definition) is 1. The number of hydrogen-bond acceptors (Lipinski definition) is 4. The lowest BCUT2D eigenvalue weighted by Gasteiger charge is -2.17. The van der Waals surface area contributed by atoms with E-state index in [1.54, 1.807) is 11.3 Å². The second-order valence-electron chi connectivity index (χ2n) is 5.77. The molecule has 4 rings (SSSR count). The van der Waals surface area contributed by atoms with Gasteiger partial charge >= 0.3 is 0 Å². The zero-order valence-electron chi connectivity index (χ0n) is 12.9. The molecule has 116 valence electrons. The molecule has 1 aliphatic heterocycles. The molecule has 1 aromatic heterocycles. The Labute approximate surface area is 140 Å². The van der Waals surface area contributed by atoms with Crippen molar-refractivity contribution in [2.45, 2.75) is 12.8 Å². The maximum Gasteiger partial charge on any atom is 0.187 e. The lowest BCUT2D eigenvalue weighted by atomic mass is 10.1. The molecule has 0 bridgehead atoms. The number of anilines is 3. The second-order valence-corrected chi connectivity index (χ2v) is 6.63. The van der Waals surface area contributed by atoms with Crippen LogP contribution in [0, 0.1) is 0 Å². The fraction of sp³-hybridized carbons (Fsp3) is 0.211. The van der Waals surface area contributed by atoms with Crippen molar-refractivity contribution in [2.24, 2.45) is 0 Å². The molecule has 0 amide bonds. The standard InChI is InChI=1S/C19H19N3S/c1-2-6-16(7-3-1)20-19-21-18(14-23-19)15-8-10-17(11-9-15)22-12-4-5-13-22/h1-3,6-11,14H,4-5,12-13H2,(H,20,21). The van der Waals surface area contributed by atoms with Crippen molar-refractivity contribution in [2.75, 3.05) is 23.3 Å². The van der Waals surface area contributed by atoms with Crippen LogP contribution >= 0.6 is 11.3 Å². The summed E-state index contributed by atoms with van der Waals surface area (Å²) in [5.41, 5.74) is 4.59. The summed E-state index contributed by atoms with van der Waals surface area (Å²) in [6, 6.07) is 18.9. The summed E-state index contributed by atoms with van der Waals surface area (Å²) in [4.78, 5) is 7.15. The SMILES string of the molecule is c1ccc(Nc2nc(-c3ccc(N4CCCC4)cc3)cs2)cc1. The second kappa shape index (κ2) is 6.42. The molecule has 2 heterocycles. The van der Waals surface area contributed by atoms with Crippen LogP contribution in [0.25, 0.3) is 11.3 Å². The summed E-state index contributed by atoms with van der Waals surface area (Å²) in [6.45, 7) is 2.36. The van der Waals surface area contributed by atoms with Crippen molar-refractivity contribution in [3.8, 4) is 11.3 Å². The van der Waals surface area contributed by atoms with Gasteiger partial charge in [0.1, 0.15) is 0 Å². The maximum absolute atomic E-state index is 4.70. The number of nitrogens with one attached hydrogen (secondary N) is 1. The van der Waals surface area contributed by atoms with Gasteiger partial charge in [0.2, 0.25) is 0 Å². The summed E-state index contributed by atoms with van der Waals surface area (Å²) in [5, 5.41) is 6.38. The van der Waals surface area contributed by atoms with Crippen LogP contribution in [0.4, 0.5) is 16.5 Å². The van der Waals surface area contributed by atoms with Gasteiger partial charge in [-0.05, 0) is 37.1 Å². The number of aromatic nitrogens is 1. The first-order chi connectivity index (χ1) is 11.4. The first-order valence-electron chi connectivity index (χ1n) is 8.01. The quantitative estimate of drug-likeness (QED) is 0.720. The minimum atomic E-state index is 0.926. The van der Waals surface area contributed by atoms with Gasteiger partial charge in [-0.1, -0.05) is 30.3 Å².